The van der Waals surface area contributed by atoms with Gasteiger partial charge in [-0.1, -0.05) is 0 Å². The molecule has 13 heavy (non-hydrogen) atoms. The molecule has 1 heterocycles. The highest BCUT2D eigenvalue weighted by Gasteiger charge is 2.08. The smallest absolute Gasteiger partial charge is 0.307 e. The van der Waals surface area contributed by atoms with Crippen LogP contribution >= 0.6 is 15.9 Å². The van der Waals surface area contributed by atoms with E-state index >= 15 is 0 Å². The fraction of sp³-hybridized carbons (Fsp3) is 0.444. The molecule has 0 spiro atoms. The minimum absolute atomic E-state index is 0.0817. The van der Waals surface area contributed by atoms with Crippen LogP contribution in [0.1, 0.15) is 25.5 Å². The van der Waals surface area contributed by atoms with Crippen molar-refractivity contribution in [3.8, 4) is 0 Å². The van der Waals surface area contributed by atoms with Gasteiger partial charge in [0.05, 0.1) is 11.0 Å². The van der Waals surface area contributed by atoms with Gasteiger partial charge in [0.1, 0.15) is 0 Å². The average molecular weight is 246 g/mol. The molecule has 0 atom stereocenters. The summed E-state index contributed by atoms with van der Waals surface area (Å²) in [5.74, 6) is -0.798. The van der Waals surface area contributed by atoms with Gasteiger partial charge in [-0.15, -0.1) is 0 Å². The third-order valence-electron chi connectivity index (χ3n) is 1.77. The van der Waals surface area contributed by atoms with Gasteiger partial charge >= 0.3 is 5.97 Å². The second kappa shape index (κ2) is 3.96. The van der Waals surface area contributed by atoms with Gasteiger partial charge in [0.2, 0.25) is 0 Å². The topological polar surface area (TPSA) is 42.2 Å². The van der Waals surface area contributed by atoms with E-state index in [1.165, 1.54) is 0 Å². The summed E-state index contributed by atoms with van der Waals surface area (Å²) in [6.45, 7) is 4.10. The van der Waals surface area contributed by atoms with Gasteiger partial charge in [-0.05, 0) is 41.4 Å². The maximum atomic E-state index is 10.4. The number of hydrogen-bond acceptors (Lipinski definition) is 1. The number of nitrogens with zero attached hydrogens (tertiary/aromatic N) is 1. The molecule has 1 aromatic heterocycles. The second-order valence-electron chi connectivity index (χ2n) is 3.24. The highest BCUT2D eigenvalue weighted by atomic mass is 79.9. The third-order valence-corrected chi connectivity index (χ3v) is 2.41. The molecule has 0 fully saturated rings. The van der Waals surface area contributed by atoms with Crippen molar-refractivity contribution in [3.63, 3.8) is 0 Å². The van der Waals surface area contributed by atoms with Gasteiger partial charge in [-0.3, -0.25) is 4.79 Å². The van der Waals surface area contributed by atoms with Crippen molar-refractivity contribution in [2.75, 3.05) is 0 Å². The lowest BCUT2D eigenvalue weighted by Gasteiger charge is -2.07. The average Bonchev–Trinajstić information content (AvgIpc) is 2.29. The lowest BCUT2D eigenvalue weighted by Crippen LogP contribution is -2.00. The highest BCUT2D eigenvalue weighted by Crippen LogP contribution is 2.20. The minimum atomic E-state index is -0.798. The van der Waals surface area contributed by atoms with Crippen LogP contribution in [0.4, 0.5) is 0 Å². The number of rotatable bonds is 3. The van der Waals surface area contributed by atoms with Crippen LogP contribution in [-0.4, -0.2) is 15.6 Å². The molecule has 0 saturated carbocycles. The Labute approximate surface area is 85.5 Å². The monoisotopic (exact) mass is 245 g/mol. The van der Waals surface area contributed by atoms with E-state index in [0.717, 1.165) is 10.2 Å². The molecule has 4 heteroatoms. The number of carbonyl (C=O) groups is 1. The summed E-state index contributed by atoms with van der Waals surface area (Å²) in [7, 11) is 0. The first kappa shape index (κ1) is 10.3. The summed E-state index contributed by atoms with van der Waals surface area (Å²) in [5, 5.41) is 8.58. The van der Waals surface area contributed by atoms with Crippen LogP contribution in [-0.2, 0) is 11.2 Å². The normalized spacial score (nSPS) is 10.8. The first-order valence-electron chi connectivity index (χ1n) is 4.08. The van der Waals surface area contributed by atoms with E-state index < -0.39 is 5.97 Å². The molecule has 1 rings (SSSR count). The van der Waals surface area contributed by atoms with Crippen LogP contribution in [0.15, 0.2) is 16.9 Å². The number of aliphatic carboxylic acids is 1. The van der Waals surface area contributed by atoms with Crippen molar-refractivity contribution < 1.29 is 9.90 Å². The lowest BCUT2D eigenvalue weighted by atomic mass is 10.2. The largest absolute Gasteiger partial charge is 0.481 e. The zero-order valence-electron chi connectivity index (χ0n) is 7.62. The minimum Gasteiger partial charge on any atom is -0.481 e. The Morgan fingerprint density at radius 1 is 1.69 bits per heavy atom. The molecular weight excluding hydrogens is 234 g/mol. The Morgan fingerprint density at radius 2 is 2.31 bits per heavy atom. The van der Waals surface area contributed by atoms with Crippen molar-refractivity contribution in [3.05, 3.63) is 22.4 Å². The van der Waals surface area contributed by atoms with Gasteiger partial charge in [0, 0.05) is 12.2 Å². The van der Waals surface area contributed by atoms with E-state index in [4.69, 9.17) is 5.11 Å². The zero-order valence-corrected chi connectivity index (χ0v) is 9.21. The van der Waals surface area contributed by atoms with Gasteiger partial charge < -0.3 is 9.67 Å². The number of halogens is 1. The van der Waals surface area contributed by atoms with Crippen LogP contribution in [0.5, 0.6) is 0 Å². The van der Waals surface area contributed by atoms with E-state index in [2.05, 4.69) is 29.8 Å². The summed E-state index contributed by atoms with van der Waals surface area (Å²) in [5.41, 5.74) is 0.827. The third kappa shape index (κ3) is 2.59. The summed E-state index contributed by atoms with van der Waals surface area (Å²) < 4.78 is 2.93. The number of carboxylic acid groups (broad SMARTS) is 1. The Bertz CT molecular complexity index is 317. The van der Waals surface area contributed by atoms with Crippen LogP contribution in [0, 0.1) is 0 Å². The maximum absolute atomic E-state index is 10.4. The highest BCUT2D eigenvalue weighted by molar-refractivity contribution is 9.10. The van der Waals surface area contributed by atoms with Crippen molar-refractivity contribution in [2.45, 2.75) is 26.3 Å². The number of carboxylic acids is 1. The van der Waals surface area contributed by atoms with Gasteiger partial charge in [0.15, 0.2) is 0 Å². The summed E-state index contributed by atoms with van der Waals surface area (Å²) >= 11 is 3.38. The lowest BCUT2D eigenvalue weighted by molar-refractivity contribution is -0.136. The SMILES string of the molecule is CC(C)n1cc(CC(=O)O)cc1Br. The first-order valence-corrected chi connectivity index (χ1v) is 4.88. The molecule has 0 radical (unpaired) electrons. The van der Waals surface area contributed by atoms with Crippen molar-refractivity contribution in [1.82, 2.24) is 4.57 Å². The molecule has 0 saturated heterocycles. The summed E-state index contributed by atoms with van der Waals surface area (Å²) in [6.07, 6.45) is 1.95. The molecule has 1 aromatic rings. The summed E-state index contributed by atoms with van der Waals surface area (Å²) in [4.78, 5) is 10.4. The molecule has 0 amide bonds. The molecule has 0 unspecified atom stereocenters. The Kier molecular flexibility index (Phi) is 3.14. The molecule has 0 aliphatic heterocycles. The van der Waals surface area contributed by atoms with E-state index in [9.17, 15) is 4.79 Å². The van der Waals surface area contributed by atoms with Crippen LogP contribution < -0.4 is 0 Å². The number of hydrogen-bond donors (Lipinski definition) is 1. The van der Waals surface area contributed by atoms with E-state index in [1.54, 1.807) is 0 Å². The van der Waals surface area contributed by atoms with Crippen LogP contribution in [0.2, 0.25) is 0 Å². The number of aromatic nitrogens is 1. The molecular formula is C9H12BrNO2. The first-order chi connectivity index (χ1) is 6.00. The quantitative estimate of drug-likeness (QED) is 0.890. The van der Waals surface area contributed by atoms with E-state index in [0.29, 0.717) is 6.04 Å². The second-order valence-corrected chi connectivity index (χ2v) is 4.06. The van der Waals surface area contributed by atoms with Gasteiger partial charge in [-0.25, -0.2) is 0 Å². The summed E-state index contributed by atoms with van der Waals surface area (Å²) in [6, 6.07) is 2.19. The fourth-order valence-electron chi connectivity index (χ4n) is 1.17. The van der Waals surface area contributed by atoms with Crippen LogP contribution in [0.3, 0.4) is 0 Å². The van der Waals surface area contributed by atoms with Crippen LogP contribution in [0.25, 0.3) is 0 Å². The van der Waals surface area contributed by atoms with Gasteiger partial charge in [0.25, 0.3) is 0 Å². The molecule has 3 nitrogen and oxygen atoms in total. The van der Waals surface area contributed by atoms with Crippen molar-refractivity contribution in [1.29, 1.82) is 0 Å². The molecule has 0 bridgehead atoms. The zero-order chi connectivity index (χ0) is 10.0. The Balaban J connectivity index is 2.88. The van der Waals surface area contributed by atoms with E-state index in [-0.39, 0.29) is 6.42 Å². The fourth-order valence-corrected chi connectivity index (χ4v) is 1.98. The Morgan fingerprint density at radius 3 is 2.69 bits per heavy atom. The van der Waals surface area contributed by atoms with Crippen molar-refractivity contribution in [2.24, 2.45) is 0 Å². The molecule has 72 valence electrons. The molecule has 0 aromatic carbocycles. The van der Waals surface area contributed by atoms with E-state index in [1.807, 2.05) is 16.8 Å². The molecule has 0 aliphatic rings. The Hall–Kier alpha value is -0.770. The molecule has 0 aliphatic carbocycles. The standard InChI is InChI=1S/C9H12BrNO2/c1-6(2)11-5-7(3-8(11)10)4-9(12)13/h3,5-6H,4H2,1-2H3,(H,12,13). The van der Waals surface area contributed by atoms with Crippen molar-refractivity contribution >= 4 is 21.9 Å². The maximum Gasteiger partial charge on any atom is 0.307 e. The predicted octanol–water partition coefficient (Wildman–Crippen LogP) is 2.46. The molecule has 1 N–H and O–H groups in total. The van der Waals surface area contributed by atoms with Gasteiger partial charge in [-0.2, -0.15) is 0 Å². The predicted molar refractivity (Wildman–Crippen MR) is 53.9 cm³/mol.